The Balaban J connectivity index is 2.05. The average molecular weight is 304 g/mol. The normalized spacial score (nSPS) is 28.4. The Morgan fingerprint density at radius 1 is 1.20 bits per heavy atom. The summed E-state index contributed by atoms with van der Waals surface area (Å²) in [5.74, 6) is 0.573. The molecule has 0 spiro atoms. The van der Waals surface area contributed by atoms with E-state index in [4.69, 9.17) is 4.74 Å². The highest BCUT2D eigenvalue weighted by atomic mass is 32.2. The maximum Gasteiger partial charge on any atom is 0.214 e. The standard InChI is InChI=1S/C14H28N2O3S/c1-3-14-11-15(2)7-4-8-16(14)20(17,18)12-13-5-9-19-10-6-13/h13-14H,3-12H2,1-2H3. The number of hydrogen-bond acceptors (Lipinski definition) is 4. The predicted molar refractivity (Wildman–Crippen MR) is 80.2 cm³/mol. The highest BCUT2D eigenvalue weighted by Gasteiger charge is 2.33. The molecule has 2 aliphatic heterocycles. The SMILES string of the molecule is CCC1CN(C)CCCN1S(=O)(=O)CC1CCOCC1. The second-order valence-electron chi connectivity index (χ2n) is 6.12. The molecule has 0 aromatic rings. The van der Waals surface area contributed by atoms with E-state index in [0.717, 1.165) is 38.8 Å². The summed E-state index contributed by atoms with van der Waals surface area (Å²) < 4.78 is 32.6. The molecule has 5 nitrogen and oxygen atoms in total. The van der Waals surface area contributed by atoms with Gasteiger partial charge in [-0.05, 0) is 45.2 Å². The Kier molecular flexibility index (Phi) is 5.84. The molecule has 0 aliphatic carbocycles. The van der Waals surface area contributed by atoms with E-state index in [2.05, 4.69) is 18.9 Å². The summed E-state index contributed by atoms with van der Waals surface area (Å²) in [5.41, 5.74) is 0. The Labute approximate surface area is 123 Å². The summed E-state index contributed by atoms with van der Waals surface area (Å²) in [6.45, 7) is 6.01. The highest BCUT2D eigenvalue weighted by molar-refractivity contribution is 7.89. The van der Waals surface area contributed by atoms with Crippen molar-refractivity contribution in [2.75, 3.05) is 45.6 Å². The quantitative estimate of drug-likeness (QED) is 0.782. The van der Waals surface area contributed by atoms with Crippen molar-refractivity contribution in [1.29, 1.82) is 0 Å². The zero-order valence-corrected chi connectivity index (χ0v) is 13.6. The van der Waals surface area contributed by atoms with Crippen LogP contribution in [0.4, 0.5) is 0 Å². The molecule has 2 saturated heterocycles. The van der Waals surface area contributed by atoms with Crippen LogP contribution in [0.25, 0.3) is 0 Å². The molecule has 0 radical (unpaired) electrons. The number of likely N-dealkylation sites (N-methyl/N-ethyl adjacent to an activating group) is 1. The molecular formula is C14H28N2O3S. The van der Waals surface area contributed by atoms with E-state index < -0.39 is 10.0 Å². The van der Waals surface area contributed by atoms with Crippen LogP contribution in [0.5, 0.6) is 0 Å². The molecule has 0 aromatic carbocycles. The monoisotopic (exact) mass is 304 g/mol. The molecule has 2 heterocycles. The van der Waals surface area contributed by atoms with E-state index in [1.807, 2.05) is 0 Å². The third kappa shape index (κ3) is 4.16. The molecule has 20 heavy (non-hydrogen) atoms. The van der Waals surface area contributed by atoms with Crippen molar-refractivity contribution in [3.8, 4) is 0 Å². The topological polar surface area (TPSA) is 49.9 Å². The van der Waals surface area contributed by atoms with Gasteiger partial charge in [0.25, 0.3) is 0 Å². The summed E-state index contributed by atoms with van der Waals surface area (Å²) in [6.07, 6.45) is 3.57. The molecule has 118 valence electrons. The van der Waals surface area contributed by atoms with Gasteiger partial charge < -0.3 is 9.64 Å². The lowest BCUT2D eigenvalue weighted by Gasteiger charge is -2.31. The second-order valence-corrected chi connectivity index (χ2v) is 8.09. The number of nitrogens with zero attached hydrogens (tertiary/aromatic N) is 2. The minimum atomic E-state index is -3.14. The molecule has 6 heteroatoms. The van der Waals surface area contributed by atoms with Crippen molar-refractivity contribution in [1.82, 2.24) is 9.21 Å². The van der Waals surface area contributed by atoms with Crippen LogP contribution in [0.1, 0.15) is 32.6 Å². The van der Waals surface area contributed by atoms with Gasteiger partial charge in [-0.15, -0.1) is 0 Å². The smallest absolute Gasteiger partial charge is 0.214 e. The van der Waals surface area contributed by atoms with E-state index in [1.54, 1.807) is 4.31 Å². The van der Waals surface area contributed by atoms with Gasteiger partial charge in [0.15, 0.2) is 0 Å². The third-order valence-corrected chi connectivity index (χ3v) is 6.55. The summed E-state index contributed by atoms with van der Waals surface area (Å²) in [4.78, 5) is 2.25. The van der Waals surface area contributed by atoms with Crippen molar-refractivity contribution >= 4 is 10.0 Å². The Morgan fingerprint density at radius 3 is 2.55 bits per heavy atom. The Hall–Kier alpha value is -0.170. The lowest BCUT2D eigenvalue weighted by atomic mass is 10.0. The maximum absolute atomic E-state index is 12.7. The van der Waals surface area contributed by atoms with Gasteiger partial charge in [-0.2, -0.15) is 4.31 Å². The zero-order chi connectivity index (χ0) is 14.6. The van der Waals surface area contributed by atoms with E-state index in [0.29, 0.717) is 25.5 Å². The molecule has 0 saturated carbocycles. The molecule has 1 unspecified atom stereocenters. The summed E-state index contributed by atoms with van der Waals surface area (Å²) in [5, 5.41) is 0. The molecular weight excluding hydrogens is 276 g/mol. The first-order valence-electron chi connectivity index (χ1n) is 7.78. The van der Waals surface area contributed by atoms with Gasteiger partial charge in [-0.3, -0.25) is 0 Å². The Bertz CT molecular complexity index is 393. The first kappa shape index (κ1) is 16.2. The number of ether oxygens (including phenoxy) is 1. The van der Waals surface area contributed by atoms with Gasteiger partial charge >= 0.3 is 0 Å². The molecule has 0 aromatic heterocycles. The lowest BCUT2D eigenvalue weighted by Crippen LogP contribution is -2.45. The van der Waals surface area contributed by atoms with E-state index in [1.165, 1.54) is 0 Å². The molecule has 0 bridgehead atoms. The molecule has 2 fully saturated rings. The third-order valence-electron chi connectivity index (χ3n) is 4.46. The largest absolute Gasteiger partial charge is 0.381 e. The summed E-state index contributed by atoms with van der Waals surface area (Å²) in [7, 11) is -1.06. The van der Waals surface area contributed by atoms with Crippen LogP contribution in [0, 0.1) is 5.92 Å². The van der Waals surface area contributed by atoms with Crippen molar-refractivity contribution in [3.63, 3.8) is 0 Å². The van der Waals surface area contributed by atoms with Crippen molar-refractivity contribution < 1.29 is 13.2 Å². The van der Waals surface area contributed by atoms with Gasteiger partial charge in [-0.25, -0.2) is 8.42 Å². The highest BCUT2D eigenvalue weighted by Crippen LogP contribution is 2.22. The first-order valence-corrected chi connectivity index (χ1v) is 9.39. The molecule has 1 atom stereocenters. The summed E-state index contributed by atoms with van der Waals surface area (Å²) >= 11 is 0. The minimum Gasteiger partial charge on any atom is -0.381 e. The van der Waals surface area contributed by atoms with Gasteiger partial charge in [0, 0.05) is 32.3 Å². The van der Waals surface area contributed by atoms with E-state index in [-0.39, 0.29) is 12.0 Å². The molecule has 2 rings (SSSR count). The average Bonchev–Trinajstić information content (AvgIpc) is 2.61. The van der Waals surface area contributed by atoms with Gasteiger partial charge in [-0.1, -0.05) is 6.92 Å². The molecule has 0 amide bonds. The predicted octanol–water partition coefficient (Wildman–Crippen LogP) is 1.16. The van der Waals surface area contributed by atoms with Gasteiger partial charge in [0.2, 0.25) is 10.0 Å². The van der Waals surface area contributed by atoms with Crippen LogP contribution >= 0.6 is 0 Å². The fraction of sp³-hybridized carbons (Fsp3) is 1.00. The van der Waals surface area contributed by atoms with Gasteiger partial charge in [0.1, 0.15) is 0 Å². The van der Waals surface area contributed by atoms with E-state index in [9.17, 15) is 8.42 Å². The summed E-state index contributed by atoms with van der Waals surface area (Å²) in [6, 6.07) is 0.132. The van der Waals surface area contributed by atoms with Crippen LogP contribution in [0.3, 0.4) is 0 Å². The van der Waals surface area contributed by atoms with Crippen molar-refractivity contribution in [3.05, 3.63) is 0 Å². The number of hydrogen-bond donors (Lipinski definition) is 0. The second kappa shape index (κ2) is 7.20. The van der Waals surface area contributed by atoms with Gasteiger partial charge in [0.05, 0.1) is 5.75 Å². The van der Waals surface area contributed by atoms with Crippen LogP contribution in [0.15, 0.2) is 0 Å². The molecule has 0 N–H and O–H groups in total. The van der Waals surface area contributed by atoms with Crippen LogP contribution in [0.2, 0.25) is 0 Å². The fourth-order valence-electron chi connectivity index (χ4n) is 3.23. The minimum absolute atomic E-state index is 0.132. The Morgan fingerprint density at radius 2 is 1.90 bits per heavy atom. The van der Waals surface area contributed by atoms with E-state index >= 15 is 0 Å². The fourth-order valence-corrected chi connectivity index (χ4v) is 5.42. The van der Waals surface area contributed by atoms with Crippen molar-refractivity contribution in [2.24, 2.45) is 5.92 Å². The van der Waals surface area contributed by atoms with Crippen LogP contribution in [-0.4, -0.2) is 69.3 Å². The van der Waals surface area contributed by atoms with Crippen LogP contribution < -0.4 is 0 Å². The molecule has 2 aliphatic rings. The first-order chi connectivity index (χ1) is 9.53. The maximum atomic E-state index is 12.7. The number of rotatable bonds is 4. The lowest BCUT2D eigenvalue weighted by molar-refractivity contribution is 0.0719. The zero-order valence-electron chi connectivity index (χ0n) is 12.8. The number of sulfonamides is 1. The van der Waals surface area contributed by atoms with Crippen LogP contribution in [-0.2, 0) is 14.8 Å². The van der Waals surface area contributed by atoms with Crippen molar-refractivity contribution in [2.45, 2.75) is 38.6 Å².